The number of carbonyl (C=O) groups excluding carboxylic acids is 2. The van der Waals surface area contributed by atoms with Crippen LogP contribution in [-0.2, 0) is 14.3 Å². The molecule has 1 unspecified atom stereocenters. The van der Waals surface area contributed by atoms with E-state index in [9.17, 15) is 14.0 Å². The number of hydrogen-bond donors (Lipinski definition) is 1. The summed E-state index contributed by atoms with van der Waals surface area (Å²) in [6, 6.07) is 5.18. The summed E-state index contributed by atoms with van der Waals surface area (Å²) in [5.74, 6) is -0.923. The molecule has 0 aliphatic rings. The van der Waals surface area contributed by atoms with E-state index in [2.05, 4.69) is 10.1 Å². The molecule has 0 aliphatic carbocycles. The van der Waals surface area contributed by atoms with E-state index in [1.54, 1.807) is 19.1 Å². The van der Waals surface area contributed by atoms with Crippen LogP contribution in [0.25, 0.3) is 0 Å². The number of ether oxygens (including phenoxy) is 1. The van der Waals surface area contributed by atoms with Gasteiger partial charge >= 0.3 is 5.97 Å². The van der Waals surface area contributed by atoms with E-state index in [1.165, 1.54) is 31.0 Å². The first-order chi connectivity index (χ1) is 8.52. The maximum Gasteiger partial charge on any atom is 0.328 e. The monoisotopic (exact) mass is 271 g/mol. The number of thioether (sulfide) groups is 1. The number of esters is 1. The molecule has 1 N–H and O–H groups in total. The lowest BCUT2D eigenvalue weighted by molar-refractivity contribution is -0.144. The molecule has 98 valence electrons. The van der Waals surface area contributed by atoms with Gasteiger partial charge in [0.05, 0.1) is 12.9 Å². The van der Waals surface area contributed by atoms with E-state index in [-0.39, 0.29) is 17.5 Å². The average molecular weight is 271 g/mol. The summed E-state index contributed by atoms with van der Waals surface area (Å²) in [5, 5.41) is 2.50. The summed E-state index contributed by atoms with van der Waals surface area (Å²) < 4.78 is 17.1. The van der Waals surface area contributed by atoms with Gasteiger partial charge in [0.15, 0.2) is 0 Å². The zero-order valence-corrected chi connectivity index (χ0v) is 10.9. The standard InChI is InChI=1S/C12H14FNO3S/c1-8(12(16)17-2)14-11(15)7-18-10-5-3-9(13)4-6-10/h3-6,8H,7H2,1-2H3,(H,14,15). The van der Waals surface area contributed by atoms with Crippen molar-refractivity contribution in [1.82, 2.24) is 5.32 Å². The van der Waals surface area contributed by atoms with Crippen LogP contribution >= 0.6 is 11.8 Å². The predicted molar refractivity (Wildman–Crippen MR) is 66.7 cm³/mol. The van der Waals surface area contributed by atoms with Crippen LogP contribution in [-0.4, -0.2) is 30.8 Å². The third-order valence-corrected chi connectivity index (χ3v) is 3.13. The van der Waals surface area contributed by atoms with Gasteiger partial charge in [-0.15, -0.1) is 11.8 Å². The topological polar surface area (TPSA) is 55.4 Å². The van der Waals surface area contributed by atoms with Crippen molar-refractivity contribution in [3.8, 4) is 0 Å². The van der Waals surface area contributed by atoms with Crippen molar-refractivity contribution in [2.45, 2.75) is 17.9 Å². The number of rotatable bonds is 5. The van der Waals surface area contributed by atoms with Crippen molar-refractivity contribution >= 4 is 23.6 Å². The van der Waals surface area contributed by atoms with Gasteiger partial charge in [0.1, 0.15) is 11.9 Å². The highest BCUT2D eigenvalue weighted by Gasteiger charge is 2.15. The Bertz CT molecular complexity index is 422. The molecule has 0 heterocycles. The Hall–Kier alpha value is -1.56. The fraction of sp³-hybridized carbons (Fsp3) is 0.333. The van der Waals surface area contributed by atoms with Crippen LogP contribution in [0, 0.1) is 5.82 Å². The fourth-order valence-corrected chi connectivity index (χ4v) is 1.91. The summed E-state index contributed by atoms with van der Waals surface area (Å²) in [4.78, 5) is 23.4. The van der Waals surface area contributed by atoms with Gasteiger partial charge in [-0.05, 0) is 31.2 Å². The zero-order chi connectivity index (χ0) is 13.5. The van der Waals surface area contributed by atoms with E-state index < -0.39 is 12.0 Å². The maximum absolute atomic E-state index is 12.6. The second kappa shape index (κ2) is 7.00. The first kappa shape index (κ1) is 14.5. The average Bonchev–Trinajstić information content (AvgIpc) is 2.37. The molecule has 1 aromatic carbocycles. The maximum atomic E-state index is 12.6. The third kappa shape index (κ3) is 4.75. The van der Waals surface area contributed by atoms with Crippen molar-refractivity contribution in [2.24, 2.45) is 0 Å². The normalized spacial score (nSPS) is 11.7. The van der Waals surface area contributed by atoms with Crippen LogP contribution in [0.5, 0.6) is 0 Å². The molecular weight excluding hydrogens is 257 g/mol. The number of halogens is 1. The molecular formula is C12H14FNO3S. The van der Waals surface area contributed by atoms with Crippen molar-refractivity contribution in [3.05, 3.63) is 30.1 Å². The van der Waals surface area contributed by atoms with Gasteiger partial charge in [-0.2, -0.15) is 0 Å². The van der Waals surface area contributed by atoms with Crippen molar-refractivity contribution in [2.75, 3.05) is 12.9 Å². The molecule has 0 aromatic heterocycles. The summed E-state index contributed by atoms with van der Waals surface area (Å²) >= 11 is 1.27. The molecule has 4 nitrogen and oxygen atoms in total. The molecule has 0 radical (unpaired) electrons. The molecule has 1 rings (SSSR count). The van der Waals surface area contributed by atoms with Crippen LogP contribution < -0.4 is 5.32 Å². The van der Waals surface area contributed by atoms with Crippen LogP contribution in [0.1, 0.15) is 6.92 Å². The quantitative estimate of drug-likeness (QED) is 0.653. The molecule has 0 aliphatic heterocycles. The highest BCUT2D eigenvalue weighted by atomic mass is 32.2. The lowest BCUT2D eigenvalue weighted by Crippen LogP contribution is -2.40. The highest BCUT2D eigenvalue weighted by Crippen LogP contribution is 2.17. The molecule has 0 saturated carbocycles. The minimum atomic E-state index is -0.670. The van der Waals surface area contributed by atoms with Crippen LogP contribution in [0.4, 0.5) is 4.39 Å². The van der Waals surface area contributed by atoms with Crippen LogP contribution in [0.3, 0.4) is 0 Å². The number of hydrogen-bond acceptors (Lipinski definition) is 4. The first-order valence-corrected chi connectivity index (χ1v) is 6.27. The summed E-state index contributed by atoms with van der Waals surface area (Å²) in [6.45, 7) is 1.55. The van der Waals surface area contributed by atoms with Gasteiger partial charge in [-0.1, -0.05) is 0 Å². The Morgan fingerprint density at radius 2 is 2.00 bits per heavy atom. The lowest BCUT2D eigenvalue weighted by atomic mass is 10.3. The lowest BCUT2D eigenvalue weighted by Gasteiger charge is -2.11. The van der Waals surface area contributed by atoms with Gasteiger partial charge < -0.3 is 10.1 Å². The van der Waals surface area contributed by atoms with Gasteiger partial charge in [0, 0.05) is 4.90 Å². The van der Waals surface area contributed by atoms with Crippen molar-refractivity contribution < 1.29 is 18.7 Å². The van der Waals surface area contributed by atoms with Gasteiger partial charge in [-0.3, -0.25) is 4.79 Å². The number of nitrogens with one attached hydrogen (secondary N) is 1. The first-order valence-electron chi connectivity index (χ1n) is 5.28. The molecule has 1 atom stereocenters. The van der Waals surface area contributed by atoms with E-state index in [0.717, 1.165) is 4.90 Å². The molecule has 6 heteroatoms. The summed E-state index contributed by atoms with van der Waals surface area (Å²) in [6.07, 6.45) is 0. The Labute approximate surface area is 109 Å². The van der Waals surface area contributed by atoms with Gasteiger partial charge in [0.25, 0.3) is 0 Å². The molecule has 1 amide bonds. The Morgan fingerprint density at radius 1 is 1.39 bits per heavy atom. The molecule has 18 heavy (non-hydrogen) atoms. The van der Waals surface area contributed by atoms with Gasteiger partial charge in [0.2, 0.25) is 5.91 Å². The van der Waals surface area contributed by atoms with Crippen LogP contribution in [0.2, 0.25) is 0 Å². The molecule has 0 bridgehead atoms. The van der Waals surface area contributed by atoms with Gasteiger partial charge in [-0.25, -0.2) is 9.18 Å². The van der Waals surface area contributed by atoms with Crippen molar-refractivity contribution in [3.63, 3.8) is 0 Å². The van der Waals surface area contributed by atoms with E-state index in [0.29, 0.717) is 0 Å². The van der Waals surface area contributed by atoms with E-state index in [1.807, 2.05) is 0 Å². The number of carbonyl (C=O) groups is 2. The smallest absolute Gasteiger partial charge is 0.328 e. The third-order valence-electron chi connectivity index (χ3n) is 2.12. The Morgan fingerprint density at radius 3 is 2.56 bits per heavy atom. The Kier molecular flexibility index (Phi) is 5.64. The minimum absolute atomic E-state index is 0.160. The van der Waals surface area contributed by atoms with E-state index in [4.69, 9.17) is 0 Å². The SMILES string of the molecule is COC(=O)C(C)NC(=O)CSc1ccc(F)cc1. The Balaban J connectivity index is 2.37. The highest BCUT2D eigenvalue weighted by molar-refractivity contribution is 8.00. The molecule has 0 saturated heterocycles. The summed E-state index contributed by atoms with van der Waals surface area (Å²) in [5.41, 5.74) is 0. The second-order valence-electron chi connectivity index (χ2n) is 3.55. The van der Waals surface area contributed by atoms with E-state index >= 15 is 0 Å². The number of amides is 1. The number of benzene rings is 1. The summed E-state index contributed by atoms with van der Waals surface area (Å²) in [7, 11) is 1.26. The predicted octanol–water partition coefficient (Wildman–Crippen LogP) is 1.60. The fourth-order valence-electron chi connectivity index (χ4n) is 1.20. The second-order valence-corrected chi connectivity index (χ2v) is 4.60. The van der Waals surface area contributed by atoms with Crippen LogP contribution in [0.15, 0.2) is 29.2 Å². The largest absolute Gasteiger partial charge is 0.467 e. The zero-order valence-electron chi connectivity index (χ0n) is 10.1. The molecule has 1 aromatic rings. The number of methoxy groups -OCH3 is 1. The molecule has 0 spiro atoms. The van der Waals surface area contributed by atoms with Crippen molar-refractivity contribution in [1.29, 1.82) is 0 Å². The molecule has 0 fully saturated rings. The minimum Gasteiger partial charge on any atom is -0.467 e.